The fourth-order valence-electron chi connectivity index (χ4n) is 14.2. The second-order valence-corrected chi connectivity index (χ2v) is 25.9. The zero-order valence-corrected chi connectivity index (χ0v) is 54.2. The van der Waals surface area contributed by atoms with E-state index in [1.807, 2.05) is 112 Å². The quantitative estimate of drug-likeness (QED) is 0.0806. The third-order valence-corrected chi connectivity index (χ3v) is 20.0. The Morgan fingerprint density at radius 3 is 1.31 bits per heavy atom. The van der Waals surface area contributed by atoms with Gasteiger partial charge in [-0.05, 0) is 56.4 Å². The fraction of sp³-hybridized carbons (Fsp3) is 0.562. The summed E-state index contributed by atoms with van der Waals surface area (Å²) in [5, 5.41) is 12.9. The van der Waals surface area contributed by atoms with Crippen LogP contribution in [0.5, 0.6) is 0 Å². The lowest BCUT2D eigenvalue weighted by molar-refractivity contribution is -0.419. The first-order chi connectivity index (χ1) is 45.7. The predicted molar refractivity (Wildman–Crippen MR) is 334 cm³/mol. The highest BCUT2D eigenvalue weighted by molar-refractivity contribution is 5.90. The molecule has 0 aliphatic carbocycles. The molecule has 8 aliphatic rings. The molecular weight excluding hydrogens is 1210 g/mol. The van der Waals surface area contributed by atoms with Gasteiger partial charge in [-0.3, -0.25) is 0 Å². The molecule has 21 heteroatoms. The highest BCUT2D eigenvalue weighted by Crippen LogP contribution is 2.47. The highest BCUT2D eigenvalue weighted by atomic mass is 16.8. The molecule has 13 rings (SSSR count). The van der Waals surface area contributed by atoms with Crippen molar-refractivity contribution in [2.75, 3.05) is 26.4 Å². The molecule has 0 saturated carbocycles. The molecular formula is C73H88O21. The minimum Gasteiger partial charge on any atom is -0.451 e. The summed E-state index contributed by atoms with van der Waals surface area (Å²) in [6, 6.07) is 45.8. The van der Waals surface area contributed by atoms with Crippen molar-refractivity contribution < 1.29 is 100.0 Å². The maximum atomic E-state index is 14.8. The molecule has 13 unspecified atom stereocenters. The van der Waals surface area contributed by atoms with Crippen LogP contribution in [0, 0.1) is 29.6 Å². The minimum atomic E-state index is -1.44. The first-order valence-electron chi connectivity index (χ1n) is 33.4. The summed E-state index contributed by atoms with van der Waals surface area (Å²) in [6.45, 7) is 16.5. The molecule has 21 nitrogen and oxygen atoms in total. The van der Waals surface area contributed by atoms with E-state index < -0.39 is 160 Å². The summed E-state index contributed by atoms with van der Waals surface area (Å²) in [7, 11) is 0. The van der Waals surface area contributed by atoms with Crippen LogP contribution in [0.3, 0.4) is 0 Å². The van der Waals surface area contributed by atoms with Crippen LogP contribution in [0.2, 0.25) is 0 Å². The lowest BCUT2D eigenvalue weighted by Gasteiger charge is -2.54. The standard InChI is InChI=1S/C73H88O21/c1-9-50-40(4)39(3)41(5)66(82-50)93-60-54(74)57-51(36-78-68(90-57)47-30-20-13-21-31-47)85-72(60)89-56-43(7)67(83-52-37-79-69(91-58(52)56)48-32-22-14-23-33-48)88-55-42(6)44(8)81-73(62(55)86-64(75)45-26-16-11-17-27-45)94-61-59-53(38-80-70(92-59)49-34-24-15-25-35-49)84-71(77-10-2)63(61)87-65(76)46-28-18-12-19-29-46/h11-35,39-44,50-63,66-74H,9-10,36-38H2,1-8H3/t39-,40-,41+,42-,43?,44?,50?,51?,52?,53?,54-,55?,56+,57+,58+,59+,60?,61-,62-,63-,66?,67-,68?,69?,70?,71?,72-,73-/m0/s1. The first-order valence-corrected chi connectivity index (χ1v) is 33.4. The number of carbonyl (C=O) groups is 2. The molecule has 8 aliphatic heterocycles. The van der Waals surface area contributed by atoms with Crippen molar-refractivity contribution in [3.63, 3.8) is 0 Å². The van der Waals surface area contributed by atoms with Crippen molar-refractivity contribution >= 4 is 11.9 Å². The van der Waals surface area contributed by atoms with Crippen molar-refractivity contribution in [3.8, 4) is 0 Å². The fourth-order valence-corrected chi connectivity index (χ4v) is 14.2. The molecule has 8 saturated heterocycles. The molecule has 0 bridgehead atoms. The molecule has 0 spiro atoms. The smallest absolute Gasteiger partial charge is 0.338 e. The summed E-state index contributed by atoms with van der Waals surface area (Å²) < 4.78 is 122. The maximum Gasteiger partial charge on any atom is 0.338 e. The lowest BCUT2D eigenvalue weighted by atomic mass is 9.78. The van der Waals surface area contributed by atoms with Crippen molar-refractivity contribution in [3.05, 3.63) is 179 Å². The van der Waals surface area contributed by atoms with Crippen molar-refractivity contribution in [2.45, 2.75) is 204 Å². The van der Waals surface area contributed by atoms with Crippen LogP contribution in [0.1, 0.15) is 118 Å². The van der Waals surface area contributed by atoms with E-state index in [4.69, 9.17) is 85.3 Å². The van der Waals surface area contributed by atoms with E-state index in [0.717, 1.165) is 23.1 Å². The zero-order valence-electron chi connectivity index (χ0n) is 54.2. The van der Waals surface area contributed by atoms with Crippen molar-refractivity contribution in [1.29, 1.82) is 0 Å². The SMILES string of the molecule is CCOC1OC2COC(c3ccccc3)O[C@H]2[C@H](O[C@@H]2OC(C)[C@H](C)C(O[C@@H]3OC4COC(c5ccccc5)O[C@H]4[C@H](O[C@@H]4OC5COC(c6ccccc6)O[C@H]5[C@H](O)C4OC4OC(CC)[C@@H](C)[C@H](C)[C@H]4C)C3C)[C@@H]2OC(=O)c2ccccc2)[C@@H]1OC(=O)c1ccccc1. The number of esters is 2. The summed E-state index contributed by atoms with van der Waals surface area (Å²) >= 11 is 0. The van der Waals surface area contributed by atoms with E-state index in [1.54, 1.807) is 67.6 Å². The number of hydrogen-bond donors (Lipinski definition) is 1. The Kier molecular flexibility index (Phi) is 21.4. The van der Waals surface area contributed by atoms with Gasteiger partial charge in [-0.15, -0.1) is 0 Å². The van der Waals surface area contributed by atoms with Crippen LogP contribution in [-0.4, -0.2) is 166 Å². The molecule has 5 aromatic rings. The van der Waals surface area contributed by atoms with Gasteiger partial charge >= 0.3 is 11.9 Å². The largest absolute Gasteiger partial charge is 0.451 e. The van der Waals surface area contributed by atoms with Gasteiger partial charge < -0.3 is 90.4 Å². The van der Waals surface area contributed by atoms with Gasteiger partial charge in [-0.2, -0.15) is 0 Å². The van der Waals surface area contributed by atoms with Crippen molar-refractivity contribution in [2.24, 2.45) is 29.6 Å². The van der Waals surface area contributed by atoms with Gasteiger partial charge in [0.05, 0.1) is 49.3 Å². The van der Waals surface area contributed by atoms with Crippen LogP contribution >= 0.6 is 0 Å². The number of carbonyl (C=O) groups excluding carboxylic acids is 2. The Balaban J connectivity index is 0.850. The Bertz CT molecular complexity index is 3210. The van der Waals surface area contributed by atoms with Gasteiger partial charge in [0.1, 0.15) is 61.0 Å². The van der Waals surface area contributed by atoms with Crippen LogP contribution in [0.25, 0.3) is 0 Å². The average Bonchev–Trinajstić information content (AvgIpc) is 0.795. The van der Waals surface area contributed by atoms with Gasteiger partial charge in [0.15, 0.2) is 62.5 Å². The molecule has 28 atom stereocenters. The van der Waals surface area contributed by atoms with Gasteiger partial charge in [-0.1, -0.05) is 169 Å². The molecule has 1 N–H and O–H groups in total. The average molecular weight is 1300 g/mol. The van der Waals surface area contributed by atoms with E-state index in [1.165, 1.54) is 0 Å². The first kappa shape index (κ1) is 67.0. The Morgan fingerprint density at radius 2 is 0.798 bits per heavy atom. The molecule has 8 fully saturated rings. The number of ether oxygens (including phenoxy) is 18. The zero-order chi connectivity index (χ0) is 65.1. The number of benzene rings is 5. The monoisotopic (exact) mass is 1300 g/mol. The summed E-state index contributed by atoms with van der Waals surface area (Å²) in [6.07, 6.45) is -21.7. The Hall–Kier alpha value is -5.64. The van der Waals surface area contributed by atoms with Crippen LogP contribution < -0.4 is 0 Å². The summed E-state index contributed by atoms with van der Waals surface area (Å²) in [4.78, 5) is 29.1. The molecule has 0 aromatic heterocycles. The number of fused-ring (bicyclic) bond motifs is 3. The third-order valence-electron chi connectivity index (χ3n) is 20.0. The van der Waals surface area contributed by atoms with Crippen molar-refractivity contribution in [1.82, 2.24) is 0 Å². The number of hydrogen-bond acceptors (Lipinski definition) is 21. The normalized spacial score (nSPS) is 40.6. The number of aliphatic hydroxyl groups is 1. The van der Waals surface area contributed by atoms with Crippen LogP contribution in [0.15, 0.2) is 152 Å². The van der Waals surface area contributed by atoms with E-state index >= 15 is 0 Å². The minimum absolute atomic E-state index is 0.0435. The maximum absolute atomic E-state index is 14.8. The van der Waals surface area contributed by atoms with Crippen LogP contribution in [0.4, 0.5) is 0 Å². The number of aliphatic hydroxyl groups excluding tert-OH is 1. The molecule has 8 heterocycles. The second kappa shape index (κ2) is 30.0. The summed E-state index contributed by atoms with van der Waals surface area (Å²) in [5.74, 6) is -2.25. The van der Waals surface area contributed by atoms with E-state index in [-0.39, 0.29) is 61.4 Å². The van der Waals surface area contributed by atoms with E-state index in [9.17, 15) is 14.7 Å². The predicted octanol–water partition coefficient (Wildman–Crippen LogP) is 9.95. The van der Waals surface area contributed by atoms with Gasteiger partial charge in [0, 0.05) is 41.1 Å². The summed E-state index contributed by atoms with van der Waals surface area (Å²) in [5.41, 5.74) is 2.83. The highest BCUT2D eigenvalue weighted by Gasteiger charge is 2.60. The lowest BCUT2D eigenvalue weighted by Crippen LogP contribution is -2.68. The third kappa shape index (κ3) is 14.2. The molecule has 0 amide bonds. The van der Waals surface area contributed by atoms with Gasteiger partial charge in [-0.25, -0.2) is 9.59 Å². The number of rotatable bonds is 18. The topological polar surface area (TPSA) is 221 Å². The Labute approximate surface area is 548 Å². The molecule has 94 heavy (non-hydrogen) atoms. The second-order valence-electron chi connectivity index (χ2n) is 25.9. The van der Waals surface area contributed by atoms with Crippen LogP contribution in [-0.2, 0) is 85.3 Å². The van der Waals surface area contributed by atoms with E-state index in [0.29, 0.717) is 0 Å². The molecule has 5 aromatic carbocycles. The van der Waals surface area contributed by atoms with E-state index in [2.05, 4.69) is 27.7 Å². The Morgan fingerprint density at radius 1 is 0.394 bits per heavy atom. The van der Waals surface area contributed by atoms with Gasteiger partial charge in [0.2, 0.25) is 0 Å². The molecule has 0 radical (unpaired) electrons. The van der Waals surface area contributed by atoms with Gasteiger partial charge in [0.25, 0.3) is 0 Å². The molecule has 506 valence electrons.